The van der Waals surface area contributed by atoms with E-state index >= 15 is 0 Å². The molecule has 5 heteroatoms. The molecule has 0 spiro atoms. The summed E-state index contributed by atoms with van der Waals surface area (Å²) in [5.41, 5.74) is 0.761. The highest BCUT2D eigenvalue weighted by atomic mass is 16.6. The highest BCUT2D eigenvalue weighted by Gasteiger charge is 2.29. The lowest BCUT2D eigenvalue weighted by Crippen LogP contribution is -2.17. The van der Waals surface area contributed by atoms with Crippen molar-refractivity contribution in [1.82, 2.24) is 0 Å². The molecule has 0 bridgehead atoms. The summed E-state index contributed by atoms with van der Waals surface area (Å²) in [6.45, 7) is -0.119. The fourth-order valence-electron chi connectivity index (χ4n) is 1.57. The number of hydrogen-bond donors (Lipinski definition) is 1. The van der Waals surface area contributed by atoms with Gasteiger partial charge in [0.2, 0.25) is 5.75 Å². The summed E-state index contributed by atoms with van der Waals surface area (Å²) >= 11 is 0. The Labute approximate surface area is 80.1 Å². The van der Waals surface area contributed by atoms with E-state index in [0.29, 0.717) is 12.2 Å². The number of hydrogen-bond acceptors (Lipinski definition) is 4. The van der Waals surface area contributed by atoms with E-state index in [1.54, 1.807) is 12.1 Å². The topological polar surface area (TPSA) is 72.6 Å². The molecule has 1 aromatic rings. The lowest BCUT2D eigenvalue weighted by molar-refractivity contribution is -0.385. The van der Waals surface area contributed by atoms with E-state index in [0.717, 1.165) is 5.56 Å². The monoisotopic (exact) mass is 195 g/mol. The first-order valence-electron chi connectivity index (χ1n) is 4.26. The van der Waals surface area contributed by atoms with E-state index < -0.39 is 4.92 Å². The summed E-state index contributed by atoms with van der Waals surface area (Å²) in [5, 5.41) is 19.5. The number of nitro benzene ring substituents is 1. The fraction of sp³-hybridized carbons (Fsp3) is 0.333. The number of benzene rings is 1. The molecule has 5 nitrogen and oxygen atoms in total. The smallest absolute Gasteiger partial charge is 0.311 e. The predicted octanol–water partition coefficient (Wildman–Crippen LogP) is 0.891. The Morgan fingerprint density at radius 2 is 2.43 bits per heavy atom. The average molecular weight is 195 g/mol. The van der Waals surface area contributed by atoms with Crippen molar-refractivity contribution in [3.63, 3.8) is 0 Å². The van der Waals surface area contributed by atoms with E-state index in [4.69, 9.17) is 9.84 Å². The molecule has 0 amide bonds. The van der Waals surface area contributed by atoms with Crippen LogP contribution in [0, 0.1) is 10.1 Å². The number of para-hydroxylation sites is 1. The molecule has 0 aliphatic carbocycles. The van der Waals surface area contributed by atoms with Gasteiger partial charge in [-0.05, 0) is 0 Å². The first-order valence-corrected chi connectivity index (χ1v) is 4.26. The molecule has 74 valence electrons. The lowest BCUT2D eigenvalue weighted by atomic mass is 10.1. The number of aliphatic hydroxyl groups is 1. The molecule has 14 heavy (non-hydrogen) atoms. The highest BCUT2D eigenvalue weighted by molar-refractivity contribution is 5.53. The number of nitrogens with zero attached hydrogens (tertiary/aromatic N) is 1. The van der Waals surface area contributed by atoms with Crippen LogP contribution in [0.25, 0.3) is 0 Å². The van der Waals surface area contributed by atoms with Gasteiger partial charge in [-0.1, -0.05) is 12.1 Å². The maximum absolute atomic E-state index is 10.6. The number of ether oxygens (including phenoxy) is 1. The summed E-state index contributed by atoms with van der Waals surface area (Å²) in [6, 6.07) is 4.80. The van der Waals surface area contributed by atoms with Gasteiger partial charge in [-0.15, -0.1) is 0 Å². The maximum Gasteiger partial charge on any atom is 0.311 e. The zero-order valence-corrected chi connectivity index (χ0v) is 7.34. The van der Waals surface area contributed by atoms with Crippen molar-refractivity contribution in [3.05, 3.63) is 33.9 Å². The summed E-state index contributed by atoms with van der Waals surface area (Å²) in [4.78, 5) is 10.1. The van der Waals surface area contributed by atoms with Gasteiger partial charge in [0.1, 0.15) is 6.10 Å². The van der Waals surface area contributed by atoms with Crippen LogP contribution >= 0.6 is 0 Å². The molecule has 1 unspecified atom stereocenters. The molecule has 1 N–H and O–H groups in total. The van der Waals surface area contributed by atoms with Crippen LogP contribution < -0.4 is 4.74 Å². The van der Waals surface area contributed by atoms with Crippen LogP contribution in [-0.2, 0) is 6.42 Å². The second-order valence-corrected chi connectivity index (χ2v) is 3.15. The fourth-order valence-corrected chi connectivity index (χ4v) is 1.57. The molecule has 1 aliphatic heterocycles. The first kappa shape index (κ1) is 8.96. The third-order valence-electron chi connectivity index (χ3n) is 2.21. The highest BCUT2D eigenvalue weighted by Crippen LogP contribution is 2.37. The molecule has 1 aromatic carbocycles. The molecule has 0 aromatic heterocycles. The maximum atomic E-state index is 10.6. The molecule has 2 rings (SSSR count). The van der Waals surface area contributed by atoms with Gasteiger partial charge in [-0.3, -0.25) is 10.1 Å². The molecule has 1 aliphatic rings. The molecule has 1 atom stereocenters. The largest absolute Gasteiger partial charge is 0.481 e. The van der Waals surface area contributed by atoms with Gasteiger partial charge in [-0.2, -0.15) is 0 Å². The van der Waals surface area contributed by atoms with Crippen LogP contribution in [-0.4, -0.2) is 22.7 Å². The number of nitro groups is 1. The Morgan fingerprint density at radius 3 is 3.07 bits per heavy atom. The van der Waals surface area contributed by atoms with E-state index in [2.05, 4.69) is 0 Å². The summed E-state index contributed by atoms with van der Waals surface area (Å²) in [7, 11) is 0. The molecular weight excluding hydrogens is 186 g/mol. The van der Waals surface area contributed by atoms with Gasteiger partial charge in [-0.25, -0.2) is 0 Å². The Hall–Kier alpha value is -1.62. The Morgan fingerprint density at radius 1 is 1.64 bits per heavy atom. The van der Waals surface area contributed by atoms with Crippen LogP contribution in [0.2, 0.25) is 0 Å². The third kappa shape index (κ3) is 1.31. The second-order valence-electron chi connectivity index (χ2n) is 3.15. The molecule has 1 heterocycles. The number of fused-ring (bicyclic) bond motifs is 1. The quantitative estimate of drug-likeness (QED) is 0.561. The number of rotatable bonds is 2. The standard InChI is InChI=1S/C9H9NO4/c11-5-7-4-6-2-1-3-8(10(12)13)9(6)14-7/h1-3,7,11H,4-5H2. The van der Waals surface area contributed by atoms with Crippen molar-refractivity contribution in [2.75, 3.05) is 6.61 Å². The molecular formula is C9H9NO4. The SMILES string of the molecule is O=[N+]([O-])c1cccc2c1OC(CO)C2. The average Bonchev–Trinajstić information content (AvgIpc) is 2.59. The van der Waals surface area contributed by atoms with Crippen LogP contribution in [0.15, 0.2) is 18.2 Å². The molecule has 0 fully saturated rings. The van der Waals surface area contributed by atoms with Crippen molar-refractivity contribution in [2.45, 2.75) is 12.5 Å². The van der Waals surface area contributed by atoms with Crippen LogP contribution in [0.1, 0.15) is 5.56 Å². The Balaban J connectivity index is 2.41. The van der Waals surface area contributed by atoms with Crippen LogP contribution in [0.4, 0.5) is 5.69 Å². The summed E-state index contributed by atoms with van der Waals surface area (Å²) in [6.07, 6.45) is 0.194. The van der Waals surface area contributed by atoms with Crippen LogP contribution in [0.3, 0.4) is 0 Å². The van der Waals surface area contributed by atoms with Crippen molar-refractivity contribution in [2.24, 2.45) is 0 Å². The van der Waals surface area contributed by atoms with Gasteiger partial charge in [0.15, 0.2) is 0 Å². The second kappa shape index (κ2) is 3.26. The minimum Gasteiger partial charge on any atom is -0.481 e. The summed E-state index contributed by atoms with van der Waals surface area (Å²) in [5.74, 6) is 0.302. The first-order chi connectivity index (χ1) is 6.72. The van der Waals surface area contributed by atoms with Gasteiger partial charge < -0.3 is 9.84 Å². The molecule has 0 saturated heterocycles. The van der Waals surface area contributed by atoms with Gasteiger partial charge in [0, 0.05) is 18.1 Å². The van der Waals surface area contributed by atoms with Crippen molar-refractivity contribution >= 4 is 5.69 Å². The van der Waals surface area contributed by atoms with E-state index in [9.17, 15) is 10.1 Å². The van der Waals surface area contributed by atoms with Crippen molar-refractivity contribution in [3.8, 4) is 5.75 Å². The number of aliphatic hydroxyl groups excluding tert-OH is 1. The van der Waals surface area contributed by atoms with Gasteiger partial charge in [0.05, 0.1) is 11.5 Å². The third-order valence-corrected chi connectivity index (χ3v) is 2.21. The minimum atomic E-state index is -0.474. The van der Waals surface area contributed by atoms with Gasteiger partial charge >= 0.3 is 5.69 Å². The van der Waals surface area contributed by atoms with E-state index in [-0.39, 0.29) is 18.4 Å². The van der Waals surface area contributed by atoms with Gasteiger partial charge in [0.25, 0.3) is 0 Å². The molecule has 0 saturated carbocycles. The Kier molecular flexibility index (Phi) is 2.09. The lowest BCUT2D eigenvalue weighted by Gasteiger charge is -2.05. The zero-order chi connectivity index (χ0) is 10.1. The van der Waals surface area contributed by atoms with E-state index in [1.165, 1.54) is 6.07 Å². The predicted molar refractivity (Wildman–Crippen MR) is 48.3 cm³/mol. The summed E-state index contributed by atoms with van der Waals surface area (Å²) < 4.78 is 5.26. The van der Waals surface area contributed by atoms with Crippen LogP contribution in [0.5, 0.6) is 5.75 Å². The van der Waals surface area contributed by atoms with Crippen molar-refractivity contribution < 1.29 is 14.8 Å². The van der Waals surface area contributed by atoms with Crippen molar-refractivity contribution in [1.29, 1.82) is 0 Å². The zero-order valence-electron chi connectivity index (χ0n) is 7.34. The minimum absolute atomic E-state index is 0.0292. The molecule has 0 radical (unpaired) electrons. The van der Waals surface area contributed by atoms with E-state index in [1.807, 2.05) is 0 Å². The Bertz CT molecular complexity index is 377. The normalized spacial score (nSPS) is 18.8.